The number of piperidine rings is 1. The van der Waals surface area contributed by atoms with Crippen molar-refractivity contribution in [3.8, 4) is 0 Å². The van der Waals surface area contributed by atoms with Crippen molar-refractivity contribution in [2.24, 2.45) is 0 Å². The van der Waals surface area contributed by atoms with Crippen LogP contribution in [0.3, 0.4) is 0 Å². The number of likely N-dealkylation sites (tertiary alicyclic amines) is 1. The highest BCUT2D eigenvalue weighted by molar-refractivity contribution is 6.27. The number of halogens is 1. The van der Waals surface area contributed by atoms with Crippen LogP contribution >= 0.6 is 11.6 Å². The molecule has 1 aliphatic heterocycles. The van der Waals surface area contributed by atoms with E-state index in [2.05, 4.69) is 5.32 Å². The molecule has 0 spiro atoms. The van der Waals surface area contributed by atoms with Crippen LogP contribution in [0.5, 0.6) is 0 Å². The second kappa shape index (κ2) is 8.03. The van der Waals surface area contributed by atoms with Crippen LogP contribution in [0.2, 0.25) is 0 Å². The Kier molecular flexibility index (Phi) is 6.05. The van der Waals surface area contributed by atoms with Crippen molar-refractivity contribution in [3.63, 3.8) is 0 Å². The first-order valence-electron chi connectivity index (χ1n) is 7.36. The van der Waals surface area contributed by atoms with Gasteiger partial charge in [0.25, 0.3) is 0 Å². The molecular formula is C16H21ClN2O2. The summed E-state index contributed by atoms with van der Waals surface area (Å²) in [6.45, 7) is 1.35. The van der Waals surface area contributed by atoms with E-state index >= 15 is 0 Å². The van der Waals surface area contributed by atoms with Crippen LogP contribution in [0, 0.1) is 0 Å². The molecule has 114 valence electrons. The summed E-state index contributed by atoms with van der Waals surface area (Å²) in [5.74, 6) is 0.0974. The van der Waals surface area contributed by atoms with Crippen LogP contribution in [0.15, 0.2) is 30.3 Å². The number of nitrogens with zero attached hydrogens (tertiary/aromatic N) is 1. The molecule has 21 heavy (non-hydrogen) atoms. The zero-order chi connectivity index (χ0) is 15.1. The van der Waals surface area contributed by atoms with Gasteiger partial charge in [-0.1, -0.05) is 30.3 Å². The summed E-state index contributed by atoms with van der Waals surface area (Å²) < 4.78 is 0. The molecule has 0 bridgehead atoms. The minimum absolute atomic E-state index is 0.0227. The Labute approximate surface area is 130 Å². The van der Waals surface area contributed by atoms with Gasteiger partial charge >= 0.3 is 0 Å². The Balaban J connectivity index is 1.68. The molecule has 0 aromatic heterocycles. The van der Waals surface area contributed by atoms with Gasteiger partial charge in [-0.3, -0.25) is 9.59 Å². The van der Waals surface area contributed by atoms with Gasteiger partial charge in [0.2, 0.25) is 11.8 Å². The normalized spacial score (nSPS) is 15.8. The van der Waals surface area contributed by atoms with Crippen molar-refractivity contribution in [2.45, 2.75) is 31.7 Å². The SMILES string of the molecule is O=C(CCc1ccccc1)NC1CCN(C(=O)CCl)CC1. The number of nitrogens with one attached hydrogen (secondary N) is 1. The molecule has 4 nitrogen and oxygen atoms in total. The van der Waals surface area contributed by atoms with E-state index in [0.717, 1.165) is 19.3 Å². The number of aryl methyl sites for hydroxylation is 1. The molecule has 1 saturated heterocycles. The Bertz CT molecular complexity index is 470. The molecule has 2 amide bonds. The average molecular weight is 309 g/mol. The van der Waals surface area contributed by atoms with Crippen molar-refractivity contribution >= 4 is 23.4 Å². The zero-order valence-corrected chi connectivity index (χ0v) is 12.8. The van der Waals surface area contributed by atoms with Crippen molar-refractivity contribution in [1.29, 1.82) is 0 Å². The van der Waals surface area contributed by atoms with Crippen LogP contribution in [0.1, 0.15) is 24.8 Å². The highest BCUT2D eigenvalue weighted by atomic mass is 35.5. The van der Waals surface area contributed by atoms with Crippen LogP contribution in [-0.2, 0) is 16.0 Å². The largest absolute Gasteiger partial charge is 0.353 e. The number of benzene rings is 1. The lowest BCUT2D eigenvalue weighted by Gasteiger charge is -2.32. The number of hydrogen-bond acceptors (Lipinski definition) is 2. The fourth-order valence-corrected chi connectivity index (χ4v) is 2.73. The third kappa shape index (κ3) is 5.05. The molecule has 1 aromatic carbocycles. The first-order chi connectivity index (χ1) is 10.2. The maximum absolute atomic E-state index is 11.9. The minimum atomic E-state index is -0.0227. The van der Waals surface area contributed by atoms with E-state index in [4.69, 9.17) is 11.6 Å². The van der Waals surface area contributed by atoms with Crippen molar-refractivity contribution in [2.75, 3.05) is 19.0 Å². The molecule has 2 rings (SSSR count). The quantitative estimate of drug-likeness (QED) is 0.846. The fourth-order valence-electron chi connectivity index (χ4n) is 2.56. The number of hydrogen-bond donors (Lipinski definition) is 1. The molecule has 0 atom stereocenters. The van der Waals surface area contributed by atoms with Gasteiger partial charge in [-0.15, -0.1) is 11.6 Å². The van der Waals surface area contributed by atoms with Crippen molar-refractivity contribution in [3.05, 3.63) is 35.9 Å². The van der Waals surface area contributed by atoms with E-state index in [9.17, 15) is 9.59 Å². The number of carbonyl (C=O) groups is 2. The molecule has 0 radical (unpaired) electrons. The molecular weight excluding hydrogens is 288 g/mol. The standard InChI is InChI=1S/C16H21ClN2O2/c17-12-16(21)19-10-8-14(9-11-19)18-15(20)7-6-13-4-2-1-3-5-13/h1-5,14H,6-12H2,(H,18,20). The second-order valence-corrected chi connectivity index (χ2v) is 5.61. The van der Waals surface area contributed by atoms with Crippen LogP contribution in [-0.4, -0.2) is 41.7 Å². The lowest BCUT2D eigenvalue weighted by atomic mass is 10.0. The Morgan fingerprint density at radius 3 is 2.48 bits per heavy atom. The van der Waals surface area contributed by atoms with Crippen molar-refractivity contribution < 1.29 is 9.59 Å². The molecule has 0 saturated carbocycles. The Hall–Kier alpha value is -1.55. The summed E-state index contributed by atoms with van der Waals surface area (Å²) in [7, 11) is 0. The summed E-state index contributed by atoms with van der Waals surface area (Å²) in [5.41, 5.74) is 1.18. The molecule has 1 fully saturated rings. The van der Waals surface area contributed by atoms with Gasteiger partial charge in [0.15, 0.2) is 0 Å². The third-order valence-corrected chi connectivity index (χ3v) is 4.04. The molecule has 5 heteroatoms. The average Bonchev–Trinajstić information content (AvgIpc) is 2.54. The summed E-state index contributed by atoms with van der Waals surface area (Å²) in [5, 5.41) is 3.06. The summed E-state index contributed by atoms with van der Waals surface area (Å²) >= 11 is 5.54. The molecule has 1 N–H and O–H groups in total. The molecule has 0 unspecified atom stereocenters. The van der Waals surface area contributed by atoms with Gasteiger partial charge in [-0.05, 0) is 24.8 Å². The van der Waals surface area contributed by atoms with Gasteiger partial charge in [0, 0.05) is 25.6 Å². The summed E-state index contributed by atoms with van der Waals surface area (Å²) in [6, 6.07) is 10.2. The monoisotopic (exact) mass is 308 g/mol. The van der Waals surface area contributed by atoms with Crippen molar-refractivity contribution in [1.82, 2.24) is 10.2 Å². The third-order valence-electron chi connectivity index (χ3n) is 3.81. The highest BCUT2D eigenvalue weighted by Crippen LogP contribution is 2.11. The van der Waals surface area contributed by atoms with E-state index in [-0.39, 0.29) is 23.7 Å². The van der Waals surface area contributed by atoms with E-state index in [1.165, 1.54) is 5.56 Å². The van der Waals surface area contributed by atoms with E-state index in [1.54, 1.807) is 4.90 Å². The molecule has 1 heterocycles. The zero-order valence-electron chi connectivity index (χ0n) is 12.1. The summed E-state index contributed by atoms with van der Waals surface area (Å²) in [6.07, 6.45) is 2.88. The lowest BCUT2D eigenvalue weighted by molar-refractivity contribution is -0.129. The first-order valence-corrected chi connectivity index (χ1v) is 7.89. The highest BCUT2D eigenvalue weighted by Gasteiger charge is 2.23. The topological polar surface area (TPSA) is 49.4 Å². The van der Waals surface area contributed by atoms with Crippen LogP contribution in [0.25, 0.3) is 0 Å². The Morgan fingerprint density at radius 1 is 1.19 bits per heavy atom. The number of amides is 2. The number of rotatable bonds is 5. The van der Waals surface area contributed by atoms with E-state index in [0.29, 0.717) is 19.5 Å². The number of alkyl halides is 1. The van der Waals surface area contributed by atoms with Gasteiger partial charge in [-0.25, -0.2) is 0 Å². The molecule has 1 aliphatic rings. The second-order valence-electron chi connectivity index (χ2n) is 5.34. The van der Waals surface area contributed by atoms with E-state index < -0.39 is 0 Å². The fraction of sp³-hybridized carbons (Fsp3) is 0.500. The lowest BCUT2D eigenvalue weighted by Crippen LogP contribution is -2.46. The van der Waals surface area contributed by atoms with Gasteiger partial charge < -0.3 is 10.2 Å². The van der Waals surface area contributed by atoms with E-state index in [1.807, 2.05) is 30.3 Å². The van der Waals surface area contributed by atoms with Gasteiger partial charge in [0.1, 0.15) is 5.88 Å². The summed E-state index contributed by atoms with van der Waals surface area (Å²) in [4.78, 5) is 25.2. The van der Waals surface area contributed by atoms with Crippen LogP contribution in [0.4, 0.5) is 0 Å². The predicted octanol–water partition coefficient (Wildman–Crippen LogP) is 1.97. The molecule has 0 aliphatic carbocycles. The van der Waals surface area contributed by atoms with Gasteiger partial charge in [-0.2, -0.15) is 0 Å². The maximum atomic E-state index is 11.9. The predicted molar refractivity (Wildman–Crippen MR) is 83.2 cm³/mol. The van der Waals surface area contributed by atoms with Crippen LogP contribution < -0.4 is 5.32 Å². The molecule has 1 aromatic rings. The smallest absolute Gasteiger partial charge is 0.237 e. The minimum Gasteiger partial charge on any atom is -0.353 e. The maximum Gasteiger partial charge on any atom is 0.237 e. The Morgan fingerprint density at radius 2 is 1.86 bits per heavy atom. The van der Waals surface area contributed by atoms with Gasteiger partial charge in [0.05, 0.1) is 0 Å². The first kappa shape index (κ1) is 15.8. The number of carbonyl (C=O) groups excluding carboxylic acids is 2.